The minimum atomic E-state index is -0.770. The number of nitrogens with zero attached hydrogens (tertiary/aromatic N) is 5. The van der Waals surface area contributed by atoms with Gasteiger partial charge in [-0.2, -0.15) is 14.5 Å². The molecule has 246 valence electrons. The first-order chi connectivity index (χ1) is 20.7. The van der Waals surface area contributed by atoms with Gasteiger partial charge in [-0.1, -0.05) is 61.5 Å². The third-order valence-electron chi connectivity index (χ3n) is 6.28. The summed E-state index contributed by atoms with van der Waals surface area (Å²) in [6, 6.07) is 1.90. The molecule has 0 aromatic carbocycles. The van der Waals surface area contributed by atoms with E-state index in [-0.39, 0.29) is 24.0 Å². The van der Waals surface area contributed by atoms with E-state index in [2.05, 4.69) is 57.8 Å². The van der Waals surface area contributed by atoms with E-state index in [0.717, 1.165) is 50.3 Å². The summed E-state index contributed by atoms with van der Waals surface area (Å²) in [5.74, 6) is -1.26. The van der Waals surface area contributed by atoms with Gasteiger partial charge in [0.1, 0.15) is 12.3 Å². The lowest BCUT2D eigenvalue weighted by Gasteiger charge is -2.32. The molecule has 43 heavy (non-hydrogen) atoms. The minimum Gasteiger partial charge on any atom is -0.474 e. The fraction of sp³-hybridized carbons (Fsp3) is 0.636. The van der Waals surface area contributed by atoms with Gasteiger partial charge in [-0.15, -0.1) is 6.58 Å². The Bertz CT molecular complexity index is 1030. The van der Waals surface area contributed by atoms with Crippen LogP contribution in [0.25, 0.3) is 0 Å². The number of hydrazone groups is 1. The highest BCUT2D eigenvalue weighted by Crippen LogP contribution is 2.34. The van der Waals surface area contributed by atoms with Crippen molar-refractivity contribution in [3.8, 4) is 5.88 Å². The maximum absolute atomic E-state index is 15.5. The van der Waals surface area contributed by atoms with Crippen LogP contribution in [-0.2, 0) is 0 Å². The summed E-state index contributed by atoms with van der Waals surface area (Å²) >= 11 is 0. The summed E-state index contributed by atoms with van der Waals surface area (Å²) in [7, 11) is 2.10. The number of hydrogen-bond acceptors (Lipinski definition) is 7. The lowest BCUT2D eigenvalue weighted by molar-refractivity contribution is 0.131. The monoisotopic (exact) mass is 607 g/mol. The maximum Gasteiger partial charge on any atom is 0.254 e. The van der Waals surface area contributed by atoms with Crippen molar-refractivity contribution in [3.05, 3.63) is 47.8 Å². The number of pyridine rings is 1. The van der Waals surface area contributed by atoms with E-state index in [1.54, 1.807) is 17.3 Å². The number of hydrogen-bond donors (Lipinski definition) is 2. The van der Waals surface area contributed by atoms with Crippen LogP contribution in [0.3, 0.4) is 0 Å². The zero-order chi connectivity index (χ0) is 32.8. The smallest absolute Gasteiger partial charge is 0.254 e. The van der Waals surface area contributed by atoms with Gasteiger partial charge in [0.15, 0.2) is 11.6 Å². The topological polar surface area (TPSA) is 72.0 Å². The molecule has 8 nitrogen and oxygen atoms in total. The normalized spacial score (nSPS) is 13.3. The number of allylic oxidation sites excluding steroid dienone is 1. The first-order valence-electron chi connectivity index (χ1n) is 15.9. The Kier molecular flexibility index (Phi) is 21.8. The van der Waals surface area contributed by atoms with Crippen LogP contribution in [0.15, 0.2) is 30.0 Å². The van der Waals surface area contributed by atoms with Gasteiger partial charge in [-0.05, 0) is 38.8 Å². The third kappa shape index (κ3) is 14.8. The second kappa shape index (κ2) is 23.5. The van der Waals surface area contributed by atoms with E-state index in [9.17, 15) is 0 Å². The van der Waals surface area contributed by atoms with Crippen LogP contribution in [-0.4, -0.2) is 85.5 Å². The number of aromatic nitrogens is 2. The van der Waals surface area contributed by atoms with Crippen LogP contribution in [0, 0.1) is 24.5 Å². The van der Waals surface area contributed by atoms with Crippen LogP contribution < -0.4 is 15.1 Å². The lowest BCUT2D eigenvalue weighted by Crippen LogP contribution is -2.45. The third-order valence-corrected chi connectivity index (χ3v) is 6.28. The molecule has 2 aromatic heterocycles. The van der Waals surface area contributed by atoms with E-state index in [0.29, 0.717) is 25.6 Å². The molecular weight excluding hydrogens is 548 g/mol. The van der Waals surface area contributed by atoms with Crippen molar-refractivity contribution in [1.82, 2.24) is 19.8 Å². The number of anilines is 2. The Balaban J connectivity index is 0.00000174. The highest BCUT2D eigenvalue weighted by Gasteiger charge is 2.26. The van der Waals surface area contributed by atoms with Crippen molar-refractivity contribution in [2.75, 3.05) is 69.8 Å². The zero-order valence-electron chi connectivity index (χ0n) is 28.6. The summed E-state index contributed by atoms with van der Waals surface area (Å²) in [6.07, 6.45) is 6.78. The molecular formula is C33H59F2N7O. The number of nitrogens with one attached hydrogen (secondary N) is 2. The molecule has 0 spiro atoms. The Labute approximate surface area is 260 Å². The van der Waals surface area contributed by atoms with Crippen molar-refractivity contribution in [3.63, 3.8) is 0 Å². The van der Waals surface area contributed by atoms with Gasteiger partial charge >= 0.3 is 0 Å². The molecule has 1 fully saturated rings. The standard InChI is InChI=1S/C24H37F2N7O.C5H10.2C2H6/c1-5-7-33(8-6-2)22-20(25)23(30-28-17-19-15-18(3)27-16-19)29-24(21(22)26)34-14-13-32-11-9-31(4)10-12-32;1-4-5(2)3;2*1-2/h15-17,27H,5-14H2,1-4H3,(H,29,30);4-5H,1H2,2-3H3;2*1-2H3/b28-17+;;;. The molecule has 0 aliphatic carbocycles. The molecule has 0 unspecified atom stereocenters. The van der Waals surface area contributed by atoms with E-state index >= 15 is 8.78 Å². The number of piperazine rings is 1. The van der Waals surface area contributed by atoms with Crippen LogP contribution in [0.2, 0.25) is 0 Å². The Hall–Kier alpha value is -2.98. The molecule has 3 rings (SSSR count). The van der Waals surface area contributed by atoms with Gasteiger partial charge in [-0.3, -0.25) is 10.3 Å². The molecule has 0 atom stereocenters. The lowest BCUT2D eigenvalue weighted by atomic mass is 10.2. The summed E-state index contributed by atoms with van der Waals surface area (Å²) in [6.45, 7) is 27.5. The van der Waals surface area contributed by atoms with Crippen molar-refractivity contribution >= 4 is 17.7 Å². The number of H-pyrrole nitrogens is 1. The van der Waals surface area contributed by atoms with Crippen molar-refractivity contribution in [1.29, 1.82) is 0 Å². The van der Waals surface area contributed by atoms with Crippen LogP contribution in [0.4, 0.5) is 20.3 Å². The highest BCUT2D eigenvalue weighted by molar-refractivity contribution is 5.80. The number of aryl methyl sites for hydroxylation is 1. The number of halogens is 2. The Morgan fingerprint density at radius 1 is 1.09 bits per heavy atom. The first kappa shape index (κ1) is 40.0. The summed E-state index contributed by atoms with van der Waals surface area (Å²) in [5.41, 5.74) is 4.34. The largest absolute Gasteiger partial charge is 0.474 e. The molecule has 2 aromatic rings. The summed E-state index contributed by atoms with van der Waals surface area (Å²) in [5, 5.41) is 4.10. The van der Waals surface area contributed by atoms with Crippen LogP contribution >= 0.6 is 0 Å². The molecule has 0 amide bonds. The molecule has 1 saturated heterocycles. The maximum atomic E-state index is 15.5. The summed E-state index contributed by atoms with van der Waals surface area (Å²) < 4.78 is 36.6. The fourth-order valence-corrected chi connectivity index (χ4v) is 3.95. The van der Waals surface area contributed by atoms with E-state index < -0.39 is 11.6 Å². The van der Waals surface area contributed by atoms with Crippen molar-refractivity contribution in [2.45, 2.75) is 75.2 Å². The molecule has 1 aliphatic rings. The Morgan fingerprint density at radius 2 is 1.67 bits per heavy atom. The molecule has 0 bridgehead atoms. The number of ether oxygens (including phenoxy) is 1. The van der Waals surface area contributed by atoms with E-state index in [1.807, 2.05) is 60.6 Å². The van der Waals surface area contributed by atoms with Crippen LogP contribution in [0.5, 0.6) is 5.88 Å². The van der Waals surface area contributed by atoms with Gasteiger partial charge in [-0.25, -0.2) is 4.39 Å². The predicted molar refractivity (Wildman–Crippen MR) is 181 cm³/mol. The highest BCUT2D eigenvalue weighted by atomic mass is 19.1. The number of aromatic amines is 1. The predicted octanol–water partition coefficient (Wildman–Crippen LogP) is 7.58. The van der Waals surface area contributed by atoms with Gasteiger partial charge in [0.2, 0.25) is 5.82 Å². The number of rotatable bonds is 13. The molecule has 0 radical (unpaired) electrons. The van der Waals surface area contributed by atoms with Gasteiger partial charge in [0.05, 0.1) is 6.21 Å². The van der Waals surface area contributed by atoms with Gasteiger partial charge in [0, 0.05) is 63.3 Å². The molecule has 3 heterocycles. The summed E-state index contributed by atoms with van der Waals surface area (Å²) in [4.78, 5) is 13.4. The molecule has 2 N–H and O–H groups in total. The first-order valence-corrected chi connectivity index (χ1v) is 15.9. The SMILES string of the molecule is C=CC(C)C.CC.CC.CCCN(CCC)c1c(F)c(N/N=C/c2c[nH]c(C)c2)nc(OCCN2CCN(C)CC2)c1F. The average Bonchev–Trinajstić information content (AvgIpc) is 3.43. The second-order valence-electron chi connectivity index (χ2n) is 10.2. The second-order valence-corrected chi connectivity index (χ2v) is 10.2. The quantitative estimate of drug-likeness (QED) is 0.139. The molecule has 1 aliphatic heterocycles. The van der Waals surface area contributed by atoms with E-state index in [4.69, 9.17) is 4.74 Å². The number of likely N-dealkylation sites (N-methyl/N-ethyl adjacent to an activating group) is 1. The van der Waals surface area contributed by atoms with Gasteiger partial charge in [0.25, 0.3) is 5.88 Å². The van der Waals surface area contributed by atoms with Crippen molar-refractivity contribution in [2.24, 2.45) is 11.0 Å². The van der Waals surface area contributed by atoms with E-state index in [1.165, 1.54) is 0 Å². The molecule has 10 heteroatoms. The zero-order valence-corrected chi connectivity index (χ0v) is 28.6. The Morgan fingerprint density at radius 3 is 2.16 bits per heavy atom. The fourth-order valence-electron chi connectivity index (χ4n) is 3.95. The van der Waals surface area contributed by atoms with Crippen LogP contribution in [0.1, 0.15) is 79.5 Å². The van der Waals surface area contributed by atoms with Crippen molar-refractivity contribution < 1.29 is 13.5 Å². The van der Waals surface area contributed by atoms with Gasteiger partial charge < -0.3 is 19.5 Å². The molecule has 0 saturated carbocycles. The average molecular weight is 608 g/mol. The minimum absolute atomic E-state index is 0.122.